The molecule has 2 heteroatoms. The molecule has 0 aliphatic carbocycles. The highest BCUT2D eigenvalue weighted by atomic mass is 15.1. The summed E-state index contributed by atoms with van der Waals surface area (Å²) in [6.07, 6.45) is 36.9. The molecule has 0 saturated heterocycles. The Labute approximate surface area is 215 Å². The average molecular weight is 475 g/mol. The fourth-order valence-corrected chi connectivity index (χ4v) is 5.41. The second kappa shape index (κ2) is 22.7. The molecule has 1 aromatic heterocycles. The summed E-state index contributed by atoms with van der Waals surface area (Å²) in [5.74, 6) is 2.01. The molecule has 1 rings (SSSR count). The first-order valence-electron chi connectivity index (χ1n) is 15.7. The van der Waals surface area contributed by atoms with Gasteiger partial charge in [0.05, 0.1) is 0 Å². The molecule has 1 unspecified atom stereocenters. The summed E-state index contributed by atoms with van der Waals surface area (Å²) in [5.41, 5.74) is 0. The lowest BCUT2D eigenvalue weighted by Gasteiger charge is -2.20. The zero-order chi connectivity index (χ0) is 24.7. The minimum absolute atomic E-state index is 0.519. The normalized spacial score (nSPS) is 12.6. The number of aromatic nitrogens is 2. The minimum Gasteiger partial charge on any atom is -0.332 e. The van der Waals surface area contributed by atoms with Crippen molar-refractivity contribution in [1.29, 1.82) is 0 Å². The van der Waals surface area contributed by atoms with Gasteiger partial charge in [0.15, 0.2) is 0 Å². The Morgan fingerprint density at radius 2 is 0.912 bits per heavy atom. The van der Waals surface area contributed by atoms with E-state index in [-0.39, 0.29) is 0 Å². The van der Waals surface area contributed by atoms with Crippen molar-refractivity contribution in [2.75, 3.05) is 0 Å². The molecule has 1 atom stereocenters. The molecule has 0 fully saturated rings. The largest absolute Gasteiger partial charge is 0.332 e. The first-order valence-corrected chi connectivity index (χ1v) is 15.7. The molecular weight excluding hydrogens is 412 g/mol. The molecule has 0 aliphatic rings. The maximum atomic E-state index is 4.81. The van der Waals surface area contributed by atoms with Crippen LogP contribution in [0.2, 0.25) is 0 Å². The number of imidazole rings is 1. The van der Waals surface area contributed by atoms with Gasteiger partial charge in [-0.25, -0.2) is 4.98 Å². The molecule has 1 aromatic rings. The molecule has 2 nitrogen and oxygen atoms in total. The molecule has 0 saturated carbocycles. The van der Waals surface area contributed by atoms with Gasteiger partial charge >= 0.3 is 0 Å². The first-order chi connectivity index (χ1) is 16.7. The molecule has 34 heavy (non-hydrogen) atoms. The second-order valence-corrected chi connectivity index (χ2v) is 11.3. The van der Waals surface area contributed by atoms with Crippen molar-refractivity contribution in [2.45, 2.75) is 187 Å². The maximum Gasteiger partial charge on any atom is 0.111 e. The Balaban J connectivity index is 2.09. The van der Waals surface area contributed by atoms with E-state index < -0.39 is 0 Å². The van der Waals surface area contributed by atoms with Crippen LogP contribution in [0.25, 0.3) is 0 Å². The zero-order valence-electron chi connectivity index (χ0n) is 24.0. The van der Waals surface area contributed by atoms with Crippen LogP contribution in [0.15, 0.2) is 12.4 Å². The molecule has 1 heterocycles. The lowest BCUT2D eigenvalue weighted by Crippen LogP contribution is -2.11. The lowest BCUT2D eigenvalue weighted by molar-refractivity contribution is 0.443. The van der Waals surface area contributed by atoms with Crippen molar-refractivity contribution in [3.05, 3.63) is 18.2 Å². The van der Waals surface area contributed by atoms with Gasteiger partial charge < -0.3 is 4.57 Å². The van der Waals surface area contributed by atoms with Gasteiger partial charge in [0.2, 0.25) is 0 Å². The van der Waals surface area contributed by atoms with Crippen molar-refractivity contribution in [1.82, 2.24) is 9.55 Å². The summed E-state index contributed by atoms with van der Waals surface area (Å²) < 4.78 is 2.42. The minimum atomic E-state index is 0.519. The molecular formula is C32H62N2. The van der Waals surface area contributed by atoms with Crippen LogP contribution in [-0.2, 0) is 0 Å². The van der Waals surface area contributed by atoms with E-state index in [9.17, 15) is 0 Å². The first kappa shape index (κ1) is 31.2. The van der Waals surface area contributed by atoms with Crippen molar-refractivity contribution < 1.29 is 0 Å². The molecule has 0 amide bonds. The third-order valence-electron chi connectivity index (χ3n) is 7.68. The Bertz CT molecular complexity index is 533. The van der Waals surface area contributed by atoms with E-state index in [1.165, 1.54) is 154 Å². The van der Waals surface area contributed by atoms with Crippen LogP contribution < -0.4 is 0 Å². The van der Waals surface area contributed by atoms with Crippen molar-refractivity contribution in [2.24, 2.45) is 0 Å². The van der Waals surface area contributed by atoms with E-state index >= 15 is 0 Å². The Kier molecular flexibility index (Phi) is 20.8. The topological polar surface area (TPSA) is 17.8 Å². The molecule has 0 spiro atoms. The van der Waals surface area contributed by atoms with Gasteiger partial charge in [0.1, 0.15) is 5.82 Å². The standard InChI is InChI=1S/C32H62N2/c1-5-7-9-11-12-13-14-15-16-17-18-19-20-21-23-25-27-31(26-24-22-10-8-6-2)32-33-28-29-34(32)30(3)4/h28-31H,5-27H2,1-4H3. The maximum absolute atomic E-state index is 4.81. The number of unbranched alkanes of at least 4 members (excludes halogenated alkanes) is 19. The number of rotatable bonds is 25. The highest BCUT2D eigenvalue weighted by Gasteiger charge is 2.18. The molecule has 0 aliphatic heterocycles. The SMILES string of the molecule is CCCCCCCCCCCCCCCCCCC(CCCCCCC)c1nccn1C(C)C. The molecule has 0 bridgehead atoms. The van der Waals surface area contributed by atoms with E-state index in [4.69, 9.17) is 4.98 Å². The van der Waals surface area contributed by atoms with E-state index in [1.807, 2.05) is 6.20 Å². The van der Waals surface area contributed by atoms with Gasteiger partial charge in [0, 0.05) is 24.4 Å². The zero-order valence-corrected chi connectivity index (χ0v) is 24.0. The Morgan fingerprint density at radius 1 is 0.559 bits per heavy atom. The summed E-state index contributed by atoms with van der Waals surface area (Å²) >= 11 is 0. The second-order valence-electron chi connectivity index (χ2n) is 11.3. The Morgan fingerprint density at radius 3 is 1.26 bits per heavy atom. The number of nitrogens with zero attached hydrogens (tertiary/aromatic N) is 2. The fourth-order valence-electron chi connectivity index (χ4n) is 5.41. The van der Waals surface area contributed by atoms with Crippen molar-refractivity contribution >= 4 is 0 Å². The van der Waals surface area contributed by atoms with Crippen molar-refractivity contribution in [3.8, 4) is 0 Å². The number of hydrogen-bond acceptors (Lipinski definition) is 1. The third kappa shape index (κ3) is 16.0. The van der Waals surface area contributed by atoms with Crippen LogP contribution in [0.4, 0.5) is 0 Å². The molecule has 200 valence electrons. The predicted molar refractivity (Wildman–Crippen MR) is 153 cm³/mol. The van der Waals surface area contributed by atoms with Crippen LogP contribution in [-0.4, -0.2) is 9.55 Å². The highest BCUT2D eigenvalue weighted by molar-refractivity contribution is 5.02. The van der Waals surface area contributed by atoms with Crippen LogP contribution in [0.3, 0.4) is 0 Å². The van der Waals surface area contributed by atoms with E-state index in [0.717, 1.165) is 0 Å². The summed E-state index contributed by atoms with van der Waals surface area (Å²) in [6, 6.07) is 0.519. The summed E-state index contributed by atoms with van der Waals surface area (Å²) in [5, 5.41) is 0. The van der Waals surface area contributed by atoms with Crippen LogP contribution in [0.5, 0.6) is 0 Å². The van der Waals surface area contributed by atoms with Gasteiger partial charge in [-0.1, -0.05) is 149 Å². The monoisotopic (exact) mass is 474 g/mol. The van der Waals surface area contributed by atoms with Gasteiger partial charge in [0.25, 0.3) is 0 Å². The van der Waals surface area contributed by atoms with Crippen LogP contribution in [0, 0.1) is 0 Å². The quantitative estimate of drug-likeness (QED) is 0.129. The van der Waals surface area contributed by atoms with E-state index in [0.29, 0.717) is 12.0 Å². The fraction of sp³-hybridized carbons (Fsp3) is 0.906. The average Bonchev–Trinajstić information content (AvgIpc) is 3.32. The van der Waals surface area contributed by atoms with Crippen LogP contribution >= 0.6 is 0 Å². The van der Waals surface area contributed by atoms with Crippen molar-refractivity contribution in [3.63, 3.8) is 0 Å². The Hall–Kier alpha value is -0.790. The molecule has 0 N–H and O–H groups in total. The highest BCUT2D eigenvalue weighted by Crippen LogP contribution is 2.29. The van der Waals surface area contributed by atoms with E-state index in [2.05, 4.69) is 38.5 Å². The molecule has 0 aromatic carbocycles. The smallest absolute Gasteiger partial charge is 0.111 e. The summed E-state index contributed by atoms with van der Waals surface area (Å²) in [6.45, 7) is 9.19. The summed E-state index contributed by atoms with van der Waals surface area (Å²) in [7, 11) is 0. The van der Waals surface area contributed by atoms with Gasteiger partial charge in [-0.05, 0) is 26.7 Å². The van der Waals surface area contributed by atoms with Gasteiger partial charge in [-0.3, -0.25) is 0 Å². The lowest BCUT2D eigenvalue weighted by atomic mass is 9.93. The van der Waals surface area contributed by atoms with E-state index in [1.54, 1.807) is 0 Å². The van der Waals surface area contributed by atoms with Gasteiger partial charge in [-0.2, -0.15) is 0 Å². The predicted octanol–water partition coefficient (Wildman–Crippen LogP) is 11.6. The molecule has 0 radical (unpaired) electrons. The summed E-state index contributed by atoms with van der Waals surface area (Å²) in [4.78, 5) is 4.81. The number of hydrogen-bond donors (Lipinski definition) is 0. The van der Waals surface area contributed by atoms with Crippen LogP contribution in [0.1, 0.15) is 193 Å². The van der Waals surface area contributed by atoms with Gasteiger partial charge in [-0.15, -0.1) is 0 Å². The third-order valence-corrected chi connectivity index (χ3v) is 7.68.